The van der Waals surface area contributed by atoms with Crippen LogP contribution in [0.25, 0.3) is 0 Å². The van der Waals surface area contributed by atoms with Crippen LogP contribution in [-0.4, -0.2) is 11.4 Å². The van der Waals surface area contributed by atoms with Crippen LogP contribution in [0.4, 0.5) is 13.2 Å². The van der Waals surface area contributed by atoms with Crippen LogP contribution in [0, 0.1) is 0 Å². The Morgan fingerprint density at radius 2 is 1.80 bits per heavy atom. The molecule has 1 aromatic carbocycles. The second-order valence-electron chi connectivity index (χ2n) is 3.34. The molecule has 0 bridgehead atoms. The second-order valence-corrected chi connectivity index (χ2v) is 3.34. The minimum Gasteiger partial charge on any atom is -0.378 e. The number of aliphatic hydroxyl groups is 1. The summed E-state index contributed by atoms with van der Waals surface area (Å²) >= 11 is 0. The Labute approximate surface area is 84.3 Å². The van der Waals surface area contributed by atoms with Gasteiger partial charge in [-0.15, -0.1) is 0 Å². The largest absolute Gasteiger partial charge is 0.416 e. The molecule has 0 aliphatic rings. The quantitative estimate of drug-likeness (QED) is 0.772. The fourth-order valence-corrected chi connectivity index (χ4v) is 1.08. The minimum absolute atomic E-state index is 0.0766. The lowest BCUT2D eigenvalue weighted by Gasteiger charge is -2.17. The molecular weight excluding hydrogens is 209 g/mol. The van der Waals surface area contributed by atoms with Gasteiger partial charge < -0.3 is 5.11 Å². The van der Waals surface area contributed by atoms with Crippen LogP contribution in [0.1, 0.15) is 18.1 Å². The highest BCUT2D eigenvalue weighted by Gasteiger charge is 2.32. The molecule has 82 valence electrons. The molecule has 1 atom stereocenters. The average molecular weight is 218 g/mol. The molecule has 1 unspecified atom stereocenters. The molecule has 2 nitrogen and oxygen atoms in total. The van der Waals surface area contributed by atoms with Crippen molar-refractivity contribution < 1.29 is 23.1 Å². The highest BCUT2D eigenvalue weighted by molar-refractivity contribution is 5.65. The molecule has 0 spiro atoms. The number of benzene rings is 1. The summed E-state index contributed by atoms with van der Waals surface area (Å²) in [4.78, 5) is 10.5. The smallest absolute Gasteiger partial charge is 0.378 e. The minimum atomic E-state index is -4.48. The van der Waals surface area contributed by atoms with E-state index >= 15 is 0 Å². The Balaban J connectivity index is 3.20. The number of carbonyl (C=O) groups excluding carboxylic acids is 1. The van der Waals surface area contributed by atoms with Crippen molar-refractivity contribution in [3.05, 3.63) is 35.4 Å². The molecule has 0 heterocycles. The van der Waals surface area contributed by atoms with Crippen molar-refractivity contribution in [2.45, 2.75) is 18.7 Å². The Kier molecular flexibility index (Phi) is 2.86. The third-order valence-electron chi connectivity index (χ3n) is 2.00. The van der Waals surface area contributed by atoms with Gasteiger partial charge in [0.05, 0.1) is 5.56 Å². The fourth-order valence-electron chi connectivity index (χ4n) is 1.08. The van der Waals surface area contributed by atoms with Gasteiger partial charge in [-0.3, -0.25) is 4.79 Å². The van der Waals surface area contributed by atoms with Crippen LogP contribution < -0.4 is 0 Å². The molecule has 0 amide bonds. The molecule has 0 aliphatic carbocycles. The van der Waals surface area contributed by atoms with Crippen LogP contribution in [0.3, 0.4) is 0 Å². The summed E-state index contributed by atoms with van der Waals surface area (Å²) in [5, 5.41) is 9.45. The third kappa shape index (κ3) is 2.56. The number of hydrogen-bond donors (Lipinski definition) is 1. The summed E-state index contributed by atoms with van der Waals surface area (Å²) < 4.78 is 36.9. The van der Waals surface area contributed by atoms with Crippen molar-refractivity contribution in [3.8, 4) is 0 Å². The lowest BCUT2D eigenvalue weighted by Crippen LogP contribution is -2.23. The van der Waals surface area contributed by atoms with Gasteiger partial charge in [0.15, 0.2) is 6.29 Å². The Morgan fingerprint density at radius 3 is 2.27 bits per heavy atom. The predicted molar refractivity (Wildman–Crippen MR) is 47.1 cm³/mol. The van der Waals surface area contributed by atoms with Crippen molar-refractivity contribution in [2.24, 2.45) is 0 Å². The Morgan fingerprint density at radius 1 is 1.27 bits per heavy atom. The van der Waals surface area contributed by atoms with Crippen LogP contribution in [0.5, 0.6) is 0 Å². The van der Waals surface area contributed by atoms with Gasteiger partial charge >= 0.3 is 6.18 Å². The molecule has 0 radical (unpaired) electrons. The molecule has 5 heteroatoms. The van der Waals surface area contributed by atoms with E-state index in [0.717, 1.165) is 25.1 Å². The van der Waals surface area contributed by atoms with Gasteiger partial charge in [-0.1, -0.05) is 12.1 Å². The molecule has 0 saturated heterocycles. The summed E-state index contributed by atoms with van der Waals surface area (Å²) in [6, 6.07) is 4.05. The molecule has 0 fully saturated rings. The van der Waals surface area contributed by atoms with E-state index in [0.29, 0.717) is 0 Å². The summed E-state index contributed by atoms with van der Waals surface area (Å²) in [5.74, 6) is 0. The van der Waals surface area contributed by atoms with Gasteiger partial charge in [-0.05, 0) is 24.6 Å². The van der Waals surface area contributed by atoms with Crippen molar-refractivity contribution in [1.29, 1.82) is 0 Å². The average Bonchev–Trinajstić information content (AvgIpc) is 2.17. The summed E-state index contributed by atoms with van der Waals surface area (Å²) in [6.07, 6.45) is -4.28. The van der Waals surface area contributed by atoms with Crippen molar-refractivity contribution in [3.63, 3.8) is 0 Å². The summed E-state index contributed by atoms with van der Waals surface area (Å²) in [5.41, 5.74) is -2.85. The molecule has 1 aromatic rings. The zero-order chi connectivity index (χ0) is 11.7. The van der Waals surface area contributed by atoms with E-state index in [1.807, 2.05) is 0 Å². The first-order valence-electron chi connectivity index (χ1n) is 4.14. The van der Waals surface area contributed by atoms with Gasteiger partial charge in [-0.2, -0.15) is 13.2 Å². The molecule has 0 saturated carbocycles. The molecular formula is C10H9F3O2. The van der Waals surface area contributed by atoms with Gasteiger partial charge in [0.2, 0.25) is 0 Å². The highest BCUT2D eigenvalue weighted by atomic mass is 19.4. The van der Waals surface area contributed by atoms with Crippen molar-refractivity contribution in [1.82, 2.24) is 0 Å². The van der Waals surface area contributed by atoms with E-state index in [4.69, 9.17) is 0 Å². The monoisotopic (exact) mass is 218 g/mol. The summed E-state index contributed by atoms with van der Waals surface area (Å²) in [7, 11) is 0. The molecule has 1 N–H and O–H groups in total. The number of alkyl halides is 3. The Bertz CT molecular complexity index is 369. The van der Waals surface area contributed by atoms with E-state index in [9.17, 15) is 23.1 Å². The van der Waals surface area contributed by atoms with E-state index in [1.54, 1.807) is 0 Å². The van der Waals surface area contributed by atoms with Gasteiger partial charge in [0, 0.05) is 0 Å². The first-order chi connectivity index (χ1) is 6.77. The number of halogens is 3. The maximum Gasteiger partial charge on any atom is 0.416 e. The van der Waals surface area contributed by atoms with E-state index in [-0.39, 0.29) is 11.8 Å². The fraction of sp³-hybridized carbons (Fsp3) is 0.300. The standard InChI is InChI=1S/C10H9F3O2/c1-9(15,6-14)7-3-2-4-8(5-7)10(11,12)13/h2-6,15H,1H3. The molecule has 0 aliphatic heterocycles. The van der Waals surface area contributed by atoms with Gasteiger partial charge in [0.25, 0.3) is 0 Å². The Hall–Kier alpha value is -1.36. The van der Waals surface area contributed by atoms with Crippen molar-refractivity contribution >= 4 is 6.29 Å². The highest BCUT2D eigenvalue weighted by Crippen LogP contribution is 2.31. The van der Waals surface area contributed by atoms with Gasteiger partial charge in [0.1, 0.15) is 5.60 Å². The zero-order valence-corrected chi connectivity index (χ0v) is 7.88. The maximum absolute atomic E-state index is 12.3. The second kappa shape index (κ2) is 3.66. The van der Waals surface area contributed by atoms with Crippen LogP contribution in [0.2, 0.25) is 0 Å². The van der Waals surface area contributed by atoms with E-state index < -0.39 is 17.3 Å². The number of hydrogen-bond acceptors (Lipinski definition) is 2. The van der Waals surface area contributed by atoms with Crippen molar-refractivity contribution in [2.75, 3.05) is 0 Å². The van der Waals surface area contributed by atoms with Crippen LogP contribution in [-0.2, 0) is 16.6 Å². The number of rotatable bonds is 2. The predicted octanol–water partition coefficient (Wildman–Crippen LogP) is 2.11. The van der Waals surface area contributed by atoms with Gasteiger partial charge in [-0.25, -0.2) is 0 Å². The van der Waals surface area contributed by atoms with Crippen LogP contribution >= 0.6 is 0 Å². The number of aldehydes is 1. The van der Waals surface area contributed by atoms with E-state index in [2.05, 4.69) is 0 Å². The lowest BCUT2D eigenvalue weighted by atomic mass is 9.96. The molecule has 1 rings (SSSR count). The lowest BCUT2D eigenvalue weighted by molar-refractivity contribution is -0.138. The first kappa shape index (κ1) is 11.7. The molecule has 0 aromatic heterocycles. The van der Waals surface area contributed by atoms with Crippen LogP contribution in [0.15, 0.2) is 24.3 Å². The normalized spacial score (nSPS) is 15.8. The summed E-state index contributed by atoms with van der Waals surface area (Å²) in [6.45, 7) is 1.13. The topological polar surface area (TPSA) is 37.3 Å². The SMILES string of the molecule is CC(O)(C=O)c1cccc(C(F)(F)F)c1. The van der Waals surface area contributed by atoms with E-state index in [1.165, 1.54) is 6.07 Å². The maximum atomic E-state index is 12.3. The zero-order valence-electron chi connectivity index (χ0n) is 7.88. The number of carbonyl (C=O) groups is 1. The third-order valence-corrected chi connectivity index (χ3v) is 2.00. The first-order valence-corrected chi connectivity index (χ1v) is 4.14. The molecule has 15 heavy (non-hydrogen) atoms.